The van der Waals surface area contributed by atoms with Crippen molar-refractivity contribution in [1.29, 1.82) is 0 Å². The number of halogens is 3. The summed E-state index contributed by atoms with van der Waals surface area (Å²) in [5, 5.41) is 5.93. The quantitative estimate of drug-likeness (QED) is 0.250. The van der Waals surface area contributed by atoms with Gasteiger partial charge in [-0.15, -0.1) is 11.3 Å². The van der Waals surface area contributed by atoms with Crippen molar-refractivity contribution in [2.45, 2.75) is 0 Å². The minimum Gasteiger partial charge on any atom is -0.306 e. The Labute approximate surface area is 205 Å². The molecule has 0 fully saturated rings. The number of rotatable bonds is 7. The van der Waals surface area contributed by atoms with Crippen molar-refractivity contribution in [1.82, 2.24) is 4.98 Å². The number of thiazole rings is 1. The Bertz CT molecular complexity index is 1280. The highest BCUT2D eigenvalue weighted by Crippen LogP contribution is 2.54. The van der Waals surface area contributed by atoms with E-state index in [0.717, 1.165) is 16.7 Å². The number of hydrogen-bond donors (Lipinski definition) is 1. The molecule has 1 aromatic heterocycles. The van der Waals surface area contributed by atoms with Crippen molar-refractivity contribution in [3.8, 4) is 11.3 Å². The Morgan fingerprint density at radius 3 is 1.88 bits per heavy atom. The van der Waals surface area contributed by atoms with Crippen LogP contribution in [0.3, 0.4) is 0 Å². The van der Waals surface area contributed by atoms with Crippen molar-refractivity contribution in [2.75, 3.05) is 5.09 Å². The van der Waals surface area contributed by atoms with Crippen molar-refractivity contribution < 1.29 is 8.96 Å². The lowest BCUT2D eigenvalue weighted by molar-refractivity contribution is 0.589. The molecule has 4 rings (SSSR count). The molecule has 0 bridgehead atoms. The molecule has 0 aliphatic heterocycles. The van der Waals surface area contributed by atoms with E-state index in [2.05, 4.69) is 10.1 Å². The molecule has 0 radical (unpaired) electrons. The highest BCUT2D eigenvalue weighted by molar-refractivity contribution is 7.72. The maximum Gasteiger partial charge on any atom is 0.217 e. The van der Waals surface area contributed by atoms with Crippen LogP contribution in [0.5, 0.6) is 0 Å². The lowest BCUT2D eigenvalue weighted by Gasteiger charge is -2.13. The van der Waals surface area contributed by atoms with Gasteiger partial charge in [-0.2, -0.15) is 0 Å². The summed E-state index contributed by atoms with van der Waals surface area (Å²) in [6.45, 7) is 0. The van der Waals surface area contributed by atoms with Crippen molar-refractivity contribution in [3.05, 3.63) is 119 Å². The van der Waals surface area contributed by atoms with Crippen molar-refractivity contribution in [3.63, 3.8) is 0 Å². The maximum absolute atomic E-state index is 14.0. The fraction of sp³-hybridized carbons (Fsp3) is 0. The Hall–Kier alpha value is -2.69. The SMILES string of the molecule is O=P(C=C(Cl)c1ccccc1)(C=C(Cl)c1ccccc1)Nc1nc(-c2ccc(F)cc2)cs1. The molecule has 0 atom stereocenters. The van der Waals surface area contributed by atoms with E-state index in [0.29, 0.717) is 20.9 Å². The van der Waals surface area contributed by atoms with Crippen LogP contribution in [0, 0.1) is 5.82 Å². The van der Waals surface area contributed by atoms with Gasteiger partial charge < -0.3 is 5.09 Å². The first kappa shape index (κ1) is 23.5. The van der Waals surface area contributed by atoms with Gasteiger partial charge in [0.1, 0.15) is 5.82 Å². The molecule has 1 heterocycles. The van der Waals surface area contributed by atoms with Gasteiger partial charge in [-0.1, -0.05) is 83.9 Å². The highest BCUT2D eigenvalue weighted by Gasteiger charge is 2.21. The van der Waals surface area contributed by atoms with E-state index in [-0.39, 0.29) is 5.82 Å². The fourth-order valence-electron chi connectivity index (χ4n) is 3.01. The van der Waals surface area contributed by atoms with Crippen LogP contribution in [0.15, 0.2) is 102 Å². The van der Waals surface area contributed by atoms with Crippen molar-refractivity contribution >= 4 is 57.0 Å². The summed E-state index contributed by atoms with van der Waals surface area (Å²) in [7, 11) is -3.42. The molecule has 1 N–H and O–H groups in total. The van der Waals surface area contributed by atoms with E-state index in [4.69, 9.17) is 23.2 Å². The lowest BCUT2D eigenvalue weighted by Crippen LogP contribution is -1.94. The molecule has 0 amide bonds. The second-order valence-corrected chi connectivity index (χ2v) is 10.9. The summed E-state index contributed by atoms with van der Waals surface area (Å²) in [4.78, 5) is 4.52. The number of nitrogens with one attached hydrogen (secondary N) is 1. The second kappa shape index (κ2) is 10.5. The average Bonchev–Trinajstić information content (AvgIpc) is 3.28. The highest BCUT2D eigenvalue weighted by atomic mass is 35.5. The van der Waals surface area contributed by atoms with Gasteiger partial charge in [0.05, 0.1) is 15.8 Å². The first-order valence-corrected chi connectivity index (χ1v) is 13.4. The number of nitrogens with zero attached hydrogens (tertiary/aromatic N) is 1. The molecular weight excluding hydrogens is 497 g/mol. The Morgan fingerprint density at radius 2 is 1.36 bits per heavy atom. The monoisotopic (exact) mass is 514 g/mol. The van der Waals surface area contributed by atoms with Crippen LogP contribution in [0.2, 0.25) is 0 Å². The molecule has 0 saturated carbocycles. The van der Waals surface area contributed by atoms with Gasteiger partial charge in [-0.05, 0) is 35.4 Å². The zero-order chi connectivity index (χ0) is 23.3. The third kappa shape index (κ3) is 6.21. The van der Waals surface area contributed by atoms with Crippen LogP contribution < -0.4 is 5.09 Å². The van der Waals surface area contributed by atoms with E-state index in [1.54, 1.807) is 12.1 Å². The summed E-state index contributed by atoms with van der Waals surface area (Å²) in [6.07, 6.45) is 0. The van der Waals surface area contributed by atoms with Gasteiger partial charge in [0.25, 0.3) is 0 Å². The summed E-state index contributed by atoms with van der Waals surface area (Å²) < 4.78 is 27.3. The molecule has 166 valence electrons. The number of aromatic nitrogens is 1. The van der Waals surface area contributed by atoms with E-state index in [1.807, 2.05) is 66.0 Å². The van der Waals surface area contributed by atoms with Gasteiger partial charge >= 0.3 is 0 Å². The van der Waals surface area contributed by atoms with Crippen molar-refractivity contribution in [2.24, 2.45) is 0 Å². The molecule has 0 aliphatic rings. The molecule has 33 heavy (non-hydrogen) atoms. The summed E-state index contributed by atoms with van der Waals surface area (Å²) >= 11 is 14.3. The van der Waals surface area contributed by atoms with Gasteiger partial charge in [-0.3, -0.25) is 4.57 Å². The van der Waals surface area contributed by atoms with Crippen LogP contribution in [0.1, 0.15) is 11.1 Å². The fourth-order valence-corrected chi connectivity index (χ4v) is 6.86. The molecule has 4 aromatic rings. The van der Waals surface area contributed by atoms with Crippen LogP contribution in [0.25, 0.3) is 21.3 Å². The zero-order valence-corrected chi connectivity index (χ0v) is 20.4. The number of hydrogen-bond acceptors (Lipinski definition) is 3. The maximum atomic E-state index is 14.0. The summed E-state index contributed by atoms with van der Waals surface area (Å²) in [6, 6.07) is 24.5. The minimum atomic E-state index is -3.42. The van der Waals surface area contributed by atoms with Gasteiger partial charge in [0, 0.05) is 22.6 Å². The molecule has 0 spiro atoms. The normalized spacial score (nSPS) is 14.0. The number of anilines is 1. The van der Waals surface area contributed by atoms with E-state index < -0.39 is 7.29 Å². The topological polar surface area (TPSA) is 42.0 Å². The van der Waals surface area contributed by atoms with Crippen LogP contribution in [-0.2, 0) is 4.57 Å². The third-order valence-corrected chi connectivity index (χ3v) is 8.34. The third-order valence-electron chi connectivity index (χ3n) is 4.62. The smallest absolute Gasteiger partial charge is 0.217 e. The largest absolute Gasteiger partial charge is 0.306 e. The van der Waals surface area contributed by atoms with Gasteiger partial charge in [-0.25, -0.2) is 9.37 Å². The molecule has 3 nitrogen and oxygen atoms in total. The predicted molar refractivity (Wildman–Crippen MR) is 139 cm³/mol. The summed E-state index contributed by atoms with van der Waals surface area (Å²) in [5.74, 6) is 2.64. The molecule has 3 aromatic carbocycles. The predicted octanol–water partition coefficient (Wildman–Crippen LogP) is 9.11. The van der Waals surface area contributed by atoms with Crippen LogP contribution >= 0.6 is 41.8 Å². The first-order chi connectivity index (χ1) is 15.9. The minimum absolute atomic E-state index is 0.321. The lowest BCUT2D eigenvalue weighted by atomic mass is 10.2. The number of benzene rings is 3. The zero-order valence-electron chi connectivity index (χ0n) is 17.2. The average molecular weight is 515 g/mol. The molecule has 0 unspecified atom stereocenters. The standard InChI is InChI=1S/C25H18Cl2FN2OPS/c26-22(18-7-3-1-4-8-18)15-32(31,16-23(27)19-9-5-2-6-10-19)30-25-29-24(17-33-25)20-11-13-21(28)14-12-20/h1-17H,(H,29,30,31). The Balaban J connectivity index is 1.70. The Kier molecular flexibility index (Phi) is 7.46. The van der Waals surface area contributed by atoms with Crippen LogP contribution in [-0.4, -0.2) is 4.98 Å². The first-order valence-electron chi connectivity index (χ1n) is 9.89. The second-order valence-electron chi connectivity index (χ2n) is 7.05. The molecule has 8 heteroatoms. The molecule has 0 aliphatic carbocycles. The van der Waals surface area contributed by atoms with Gasteiger partial charge in [0.15, 0.2) is 5.13 Å². The van der Waals surface area contributed by atoms with E-state index >= 15 is 0 Å². The van der Waals surface area contributed by atoms with E-state index in [1.165, 1.54) is 35.1 Å². The molecule has 0 saturated heterocycles. The van der Waals surface area contributed by atoms with E-state index in [9.17, 15) is 8.96 Å². The van der Waals surface area contributed by atoms with Gasteiger partial charge in [0.2, 0.25) is 7.29 Å². The summed E-state index contributed by atoms with van der Waals surface area (Å²) in [5.41, 5.74) is 2.87. The molecular formula is C25H18Cl2FN2OPS. The Morgan fingerprint density at radius 1 is 0.848 bits per heavy atom. The van der Waals surface area contributed by atoms with Crippen LogP contribution in [0.4, 0.5) is 9.52 Å².